The maximum Gasteiger partial charge on any atom is 0.346 e. The Morgan fingerprint density at radius 1 is 1.09 bits per heavy atom. The van der Waals surface area contributed by atoms with Gasteiger partial charge in [-0.3, -0.25) is 9.59 Å². The predicted octanol–water partition coefficient (Wildman–Crippen LogP) is 3.58. The first kappa shape index (κ1) is 32.1. The van der Waals surface area contributed by atoms with E-state index >= 15 is 0 Å². The highest BCUT2D eigenvalue weighted by atomic mass is 32.1. The predicted molar refractivity (Wildman–Crippen MR) is 174 cm³/mol. The van der Waals surface area contributed by atoms with Crippen LogP contribution in [-0.4, -0.2) is 50.8 Å². The maximum absolute atomic E-state index is 12.8. The number of nitrogens with one attached hydrogen (secondary N) is 1. The van der Waals surface area contributed by atoms with Crippen molar-refractivity contribution in [1.29, 1.82) is 0 Å². The van der Waals surface area contributed by atoms with Gasteiger partial charge in [0.25, 0.3) is 0 Å². The monoisotopic (exact) mass is 657 g/mol. The van der Waals surface area contributed by atoms with Gasteiger partial charge in [-0.25, -0.2) is 22.9 Å². The average Bonchev–Trinajstić information content (AvgIpc) is 3.55. The maximum atomic E-state index is 12.8. The number of carbonyl (C=O) groups is 3. The molecule has 0 spiro atoms. The molecule has 2 saturated heterocycles. The summed E-state index contributed by atoms with van der Waals surface area (Å²) >= 11 is 0.853. The van der Waals surface area contributed by atoms with E-state index in [0.29, 0.717) is 24.1 Å². The zero-order valence-electron chi connectivity index (χ0n) is 25.9. The number of benzene rings is 2. The van der Waals surface area contributed by atoms with Crippen LogP contribution in [0.25, 0.3) is 5.69 Å². The molecular weight excluding hydrogens is 622 g/mol. The zero-order valence-corrected chi connectivity index (χ0v) is 26.7. The van der Waals surface area contributed by atoms with Crippen molar-refractivity contribution >= 4 is 29.4 Å². The summed E-state index contributed by atoms with van der Waals surface area (Å²) in [5.74, 6) is -1.62. The SMILES string of the molecule is C=C1C(=O)O[C@H]2[C@H]1CC/C(COC(=O)/C=C/C(=O)NCc1ccc(Cn3c(=O)sn(-c4ccccc4)c3=O)cc1)=C\CC[C@@]1(C)O[C@@H]21. The Balaban J connectivity index is 0.964. The second kappa shape index (κ2) is 13.5. The number of nitrogens with zero attached hydrogens (tertiary/aromatic N) is 2. The van der Waals surface area contributed by atoms with Crippen molar-refractivity contribution in [2.24, 2.45) is 5.92 Å². The summed E-state index contributed by atoms with van der Waals surface area (Å²) in [5.41, 5.74) is 2.84. The molecule has 3 aromatic rings. The van der Waals surface area contributed by atoms with E-state index in [-0.39, 0.29) is 54.3 Å². The number of fused-ring (bicyclic) bond motifs is 3. The number of carbonyl (C=O) groups excluding carboxylic acids is 3. The third-order valence-corrected chi connectivity index (χ3v) is 9.75. The summed E-state index contributed by atoms with van der Waals surface area (Å²) in [4.78, 5) is 61.9. The molecule has 0 radical (unpaired) electrons. The summed E-state index contributed by atoms with van der Waals surface area (Å²) in [6.45, 7) is 6.36. The Hall–Kier alpha value is -4.81. The standard InChI is InChI=1S/C35H35N3O8S/c1-22-27-15-14-25(7-6-18-35(2)31(46-35)30(27)45-32(22)41)21-44-29(40)17-16-28(39)36-19-23-10-12-24(13-11-23)20-37-33(42)38(47-34(37)43)26-8-4-3-5-9-26/h3-5,7-13,16-17,27,30-31H,1,6,14-15,18-21H2,2H3,(H,36,39)/b17-16+,25-7+/t27-,30-,31-,35+/m0/s1. The molecule has 1 N–H and O–H groups in total. The fraction of sp³-hybridized carbons (Fsp3) is 0.343. The molecule has 244 valence electrons. The molecule has 1 aromatic heterocycles. The fourth-order valence-corrected chi connectivity index (χ4v) is 6.81. The molecule has 0 bridgehead atoms. The van der Waals surface area contributed by atoms with Gasteiger partial charge in [-0.1, -0.05) is 55.1 Å². The normalized spacial score (nSPS) is 24.9. The number of ether oxygens (including phenoxy) is 3. The Morgan fingerprint density at radius 2 is 1.83 bits per heavy atom. The minimum atomic E-state index is -0.642. The van der Waals surface area contributed by atoms with Crippen LogP contribution >= 0.6 is 11.5 Å². The molecule has 1 amide bonds. The number of rotatable bonds is 9. The van der Waals surface area contributed by atoms with Crippen LogP contribution in [0.15, 0.2) is 100 Å². The number of esters is 2. The van der Waals surface area contributed by atoms with Gasteiger partial charge in [0.15, 0.2) is 0 Å². The van der Waals surface area contributed by atoms with Crippen LogP contribution in [0.1, 0.15) is 43.7 Å². The van der Waals surface area contributed by atoms with Crippen molar-refractivity contribution in [3.05, 3.63) is 122 Å². The lowest BCUT2D eigenvalue weighted by Crippen LogP contribution is -2.29. The van der Waals surface area contributed by atoms with Gasteiger partial charge < -0.3 is 19.5 Å². The highest BCUT2D eigenvalue weighted by molar-refractivity contribution is 7.03. The quantitative estimate of drug-likeness (QED) is 0.160. The first-order valence-corrected chi connectivity index (χ1v) is 16.2. The summed E-state index contributed by atoms with van der Waals surface area (Å²) in [7, 11) is 0. The van der Waals surface area contributed by atoms with E-state index in [0.717, 1.165) is 53.2 Å². The highest BCUT2D eigenvalue weighted by Crippen LogP contribution is 2.49. The topological polar surface area (TPSA) is 138 Å². The van der Waals surface area contributed by atoms with Crippen LogP contribution in [0.3, 0.4) is 0 Å². The van der Waals surface area contributed by atoms with E-state index in [2.05, 4.69) is 18.0 Å². The largest absolute Gasteiger partial charge is 0.458 e. The molecule has 11 nitrogen and oxygen atoms in total. The van der Waals surface area contributed by atoms with Crippen molar-refractivity contribution in [3.63, 3.8) is 0 Å². The van der Waals surface area contributed by atoms with Crippen molar-refractivity contribution in [1.82, 2.24) is 13.8 Å². The van der Waals surface area contributed by atoms with Gasteiger partial charge in [0.2, 0.25) is 5.91 Å². The smallest absolute Gasteiger partial charge is 0.346 e. The molecule has 2 fully saturated rings. The van der Waals surface area contributed by atoms with Crippen LogP contribution in [0.2, 0.25) is 0 Å². The molecule has 2 aromatic carbocycles. The highest BCUT2D eigenvalue weighted by Gasteiger charge is 2.61. The fourth-order valence-electron chi connectivity index (χ4n) is 6.01. The molecule has 6 rings (SSSR count). The van der Waals surface area contributed by atoms with Gasteiger partial charge in [-0.2, -0.15) is 0 Å². The molecular formula is C35H35N3O8S. The Labute approximate surface area is 274 Å². The number of epoxide rings is 1. The molecule has 4 atom stereocenters. The Kier molecular flexibility index (Phi) is 9.24. The van der Waals surface area contributed by atoms with E-state index in [9.17, 15) is 24.0 Å². The summed E-state index contributed by atoms with van der Waals surface area (Å²) in [5, 5.41) is 2.73. The number of amides is 1. The number of hydrogen-bond acceptors (Lipinski definition) is 9. The second-order valence-corrected chi connectivity index (χ2v) is 13.0. The van der Waals surface area contributed by atoms with Crippen LogP contribution in [-0.2, 0) is 41.7 Å². The first-order chi connectivity index (χ1) is 22.6. The van der Waals surface area contributed by atoms with E-state index in [1.165, 1.54) is 8.52 Å². The van der Waals surface area contributed by atoms with Crippen LogP contribution in [0, 0.1) is 5.92 Å². The number of aromatic nitrogens is 2. The summed E-state index contributed by atoms with van der Waals surface area (Å²) in [6.07, 6.45) is 6.56. The van der Waals surface area contributed by atoms with Gasteiger partial charge in [-0.05, 0) is 61.4 Å². The third kappa shape index (κ3) is 7.28. The van der Waals surface area contributed by atoms with Crippen LogP contribution in [0.5, 0.6) is 0 Å². The zero-order chi connectivity index (χ0) is 33.1. The lowest BCUT2D eigenvalue weighted by molar-refractivity contribution is -0.140. The van der Waals surface area contributed by atoms with Crippen molar-refractivity contribution in [3.8, 4) is 5.69 Å². The van der Waals surface area contributed by atoms with Crippen LogP contribution < -0.4 is 15.9 Å². The Morgan fingerprint density at radius 3 is 2.60 bits per heavy atom. The molecule has 12 heteroatoms. The molecule has 3 heterocycles. The molecule has 1 aliphatic carbocycles. The molecule has 0 saturated carbocycles. The number of allylic oxidation sites excluding steroid dienone is 1. The molecule has 0 unspecified atom stereocenters. The van der Waals surface area contributed by atoms with Gasteiger partial charge in [0, 0.05) is 41.7 Å². The summed E-state index contributed by atoms with van der Waals surface area (Å²) < 4.78 is 19.5. The minimum Gasteiger partial charge on any atom is -0.458 e. The van der Waals surface area contributed by atoms with Gasteiger partial charge in [0.1, 0.15) is 18.8 Å². The average molecular weight is 658 g/mol. The first-order valence-electron chi connectivity index (χ1n) is 15.5. The van der Waals surface area contributed by atoms with Crippen molar-refractivity contribution in [2.75, 3.05) is 6.61 Å². The number of para-hydroxylation sites is 1. The lowest BCUT2D eigenvalue weighted by Gasteiger charge is -2.20. The van der Waals surface area contributed by atoms with E-state index in [1.807, 2.05) is 13.0 Å². The third-order valence-electron chi connectivity index (χ3n) is 8.83. The van der Waals surface area contributed by atoms with E-state index in [1.54, 1.807) is 48.5 Å². The van der Waals surface area contributed by atoms with Gasteiger partial charge >= 0.3 is 22.5 Å². The molecule has 3 aliphatic rings. The van der Waals surface area contributed by atoms with Crippen molar-refractivity contribution in [2.45, 2.75) is 63.5 Å². The second-order valence-electron chi connectivity index (χ2n) is 12.1. The van der Waals surface area contributed by atoms with Gasteiger partial charge in [0.05, 0.1) is 17.8 Å². The Bertz CT molecular complexity index is 1870. The van der Waals surface area contributed by atoms with E-state index < -0.39 is 17.6 Å². The minimum absolute atomic E-state index is 0.0778. The lowest BCUT2D eigenvalue weighted by atomic mass is 9.84. The molecule has 47 heavy (non-hydrogen) atoms. The van der Waals surface area contributed by atoms with Crippen LogP contribution in [0.4, 0.5) is 0 Å². The molecule has 2 aliphatic heterocycles. The number of hydrogen-bond donors (Lipinski definition) is 1. The van der Waals surface area contributed by atoms with E-state index in [4.69, 9.17) is 14.2 Å². The van der Waals surface area contributed by atoms with Gasteiger partial charge in [-0.15, -0.1) is 0 Å². The summed E-state index contributed by atoms with van der Waals surface area (Å²) in [6, 6.07) is 16.2. The van der Waals surface area contributed by atoms with Crippen molar-refractivity contribution < 1.29 is 28.6 Å².